The summed E-state index contributed by atoms with van der Waals surface area (Å²) < 4.78 is 0. The molecule has 0 bridgehead atoms. The second-order valence-corrected chi connectivity index (χ2v) is 6.41. The Bertz CT molecular complexity index is 405. The van der Waals surface area contributed by atoms with Gasteiger partial charge >= 0.3 is 0 Å². The van der Waals surface area contributed by atoms with E-state index in [0.29, 0.717) is 6.42 Å². The third-order valence-electron chi connectivity index (χ3n) is 3.39. The standard InChI is InChI=1S/C16H30N4O/c1-6-8-13-19-14(17-7-2)11-15(20-13)18-12(9-10-21)16(3,4)5/h11-12,21H,6-10H2,1-5H3,(H2,17,18,19,20). The maximum atomic E-state index is 9.27. The number of anilines is 2. The summed E-state index contributed by atoms with van der Waals surface area (Å²) in [6, 6.07) is 2.11. The van der Waals surface area contributed by atoms with Crippen molar-refractivity contribution in [3.8, 4) is 0 Å². The highest BCUT2D eigenvalue weighted by Gasteiger charge is 2.24. The number of aryl methyl sites for hydroxylation is 1. The van der Waals surface area contributed by atoms with Crippen molar-refractivity contribution in [3.63, 3.8) is 0 Å². The Hall–Kier alpha value is -1.36. The number of aliphatic hydroxyl groups excluding tert-OH is 1. The first-order valence-electron chi connectivity index (χ1n) is 7.89. The molecule has 1 unspecified atom stereocenters. The van der Waals surface area contributed by atoms with Crippen LogP contribution < -0.4 is 10.6 Å². The number of nitrogens with one attached hydrogen (secondary N) is 2. The summed E-state index contributed by atoms with van der Waals surface area (Å²) in [5.74, 6) is 2.54. The average Bonchev–Trinajstić information content (AvgIpc) is 2.38. The van der Waals surface area contributed by atoms with Crippen LogP contribution in [0.25, 0.3) is 0 Å². The lowest BCUT2D eigenvalue weighted by Gasteiger charge is -2.31. The minimum absolute atomic E-state index is 0.0525. The van der Waals surface area contributed by atoms with Gasteiger partial charge in [-0.2, -0.15) is 0 Å². The van der Waals surface area contributed by atoms with Crippen LogP contribution in [-0.2, 0) is 6.42 Å². The molecule has 120 valence electrons. The number of hydrogen-bond acceptors (Lipinski definition) is 5. The zero-order valence-corrected chi connectivity index (χ0v) is 14.0. The fourth-order valence-corrected chi connectivity index (χ4v) is 2.21. The molecule has 0 spiro atoms. The normalized spacial score (nSPS) is 13.0. The molecule has 1 rings (SSSR count). The van der Waals surface area contributed by atoms with Crippen LogP contribution in [-0.4, -0.2) is 34.3 Å². The number of rotatable bonds is 8. The summed E-state index contributed by atoms with van der Waals surface area (Å²) >= 11 is 0. The summed E-state index contributed by atoms with van der Waals surface area (Å²) in [5, 5.41) is 16.0. The van der Waals surface area contributed by atoms with E-state index in [1.54, 1.807) is 0 Å². The van der Waals surface area contributed by atoms with Gasteiger partial charge in [0.1, 0.15) is 17.5 Å². The Kier molecular flexibility index (Phi) is 6.89. The molecule has 0 aliphatic carbocycles. The fraction of sp³-hybridized carbons (Fsp3) is 0.750. The van der Waals surface area contributed by atoms with Gasteiger partial charge in [-0.3, -0.25) is 0 Å². The lowest BCUT2D eigenvalue weighted by atomic mass is 9.85. The predicted octanol–water partition coefficient (Wildman–Crippen LogP) is 3.07. The lowest BCUT2D eigenvalue weighted by Crippen LogP contribution is -2.35. The SMILES string of the molecule is CCCc1nc(NCC)cc(NC(CCO)C(C)(C)C)n1. The topological polar surface area (TPSA) is 70.1 Å². The zero-order chi connectivity index (χ0) is 15.9. The molecule has 0 saturated heterocycles. The molecule has 0 radical (unpaired) electrons. The predicted molar refractivity (Wildman–Crippen MR) is 88.8 cm³/mol. The number of aromatic nitrogens is 2. The third kappa shape index (κ3) is 5.87. The largest absolute Gasteiger partial charge is 0.396 e. The van der Waals surface area contributed by atoms with Crippen LogP contribution in [0.1, 0.15) is 53.3 Å². The molecule has 5 heteroatoms. The third-order valence-corrected chi connectivity index (χ3v) is 3.39. The minimum Gasteiger partial charge on any atom is -0.396 e. The molecule has 0 fully saturated rings. The fourth-order valence-electron chi connectivity index (χ4n) is 2.21. The lowest BCUT2D eigenvalue weighted by molar-refractivity contribution is 0.235. The van der Waals surface area contributed by atoms with Gasteiger partial charge in [0.2, 0.25) is 0 Å². The van der Waals surface area contributed by atoms with E-state index in [2.05, 4.69) is 55.2 Å². The maximum Gasteiger partial charge on any atom is 0.133 e. The summed E-state index contributed by atoms with van der Waals surface area (Å²) in [6.45, 7) is 11.7. The molecule has 1 aromatic heterocycles. The first-order chi connectivity index (χ1) is 9.90. The maximum absolute atomic E-state index is 9.27. The van der Waals surface area contributed by atoms with Gasteiger partial charge in [-0.25, -0.2) is 9.97 Å². The summed E-state index contributed by atoms with van der Waals surface area (Å²) in [5.41, 5.74) is 0.0525. The van der Waals surface area contributed by atoms with Crippen LogP contribution in [0.3, 0.4) is 0 Å². The van der Waals surface area contributed by atoms with Crippen LogP contribution in [0.5, 0.6) is 0 Å². The quantitative estimate of drug-likeness (QED) is 0.687. The van der Waals surface area contributed by atoms with Gasteiger partial charge in [0.15, 0.2) is 0 Å². The monoisotopic (exact) mass is 294 g/mol. The summed E-state index contributed by atoms with van der Waals surface area (Å²) in [4.78, 5) is 9.11. The Morgan fingerprint density at radius 1 is 1.19 bits per heavy atom. The second kappa shape index (κ2) is 8.17. The van der Waals surface area contributed by atoms with Crippen LogP contribution in [0.2, 0.25) is 0 Å². The molecule has 0 aliphatic heterocycles. The van der Waals surface area contributed by atoms with Gasteiger partial charge in [0.05, 0.1) is 0 Å². The van der Waals surface area contributed by atoms with Crippen molar-refractivity contribution >= 4 is 11.6 Å². The Labute approximate surface area is 128 Å². The van der Waals surface area contributed by atoms with Crippen molar-refractivity contribution < 1.29 is 5.11 Å². The van der Waals surface area contributed by atoms with Gasteiger partial charge in [-0.15, -0.1) is 0 Å². The highest BCUT2D eigenvalue weighted by atomic mass is 16.3. The molecule has 0 aromatic carbocycles. The second-order valence-electron chi connectivity index (χ2n) is 6.41. The van der Waals surface area contributed by atoms with Crippen LogP contribution in [0, 0.1) is 5.41 Å². The van der Waals surface area contributed by atoms with Crippen molar-refractivity contribution in [3.05, 3.63) is 11.9 Å². The molecule has 0 saturated carbocycles. The molecule has 1 atom stereocenters. The van der Waals surface area contributed by atoms with E-state index in [1.807, 2.05) is 6.07 Å². The van der Waals surface area contributed by atoms with Gasteiger partial charge in [-0.05, 0) is 25.2 Å². The van der Waals surface area contributed by atoms with E-state index in [9.17, 15) is 5.11 Å². The first-order valence-corrected chi connectivity index (χ1v) is 7.89. The smallest absolute Gasteiger partial charge is 0.133 e. The first kappa shape index (κ1) is 17.7. The Morgan fingerprint density at radius 3 is 2.38 bits per heavy atom. The van der Waals surface area contributed by atoms with E-state index >= 15 is 0 Å². The van der Waals surface area contributed by atoms with E-state index in [1.165, 1.54) is 0 Å². The highest BCUT2D eigenvalue weighted by molar-refractivity contribution is 5.48. The summed E-state index contributed by atoms with van der Waals surface area (Å²) in [7, 11) is 0. The number of hydrogen-bond donors (Lipinski definition) is 3. The Balaban J connectivity index is 2.98. The summed E-state index contributed by atoms with van der Waals surface area (Å²) in [6.07, 6.45) is 2.59. The molecule has 0 amide bonds. The minimum atomic E-state index is 0.0525. The van der Waals surface area contributed by atoms with Crippen LogP contribution in [0.4, 0.5) is 11.6 Å². The molecule has 21 heavy (non-hydrogen) atoms. The van der Waals surface area contributed by atoms with Gasteiger partial charge < -0.3 is 15.7 Å². The molecular formula is C16H30N4O. The van der Waals surface area contributed by atoms with E-state index in [-0.39, 0.29) is 18.1 Å². The van der Waals surface area contributed by atoms with Crippen LogP contribution >= 0.6 is 0 Å². The van der Waals surface area contributed by atoms with Gasteiger partial charge in [0.25, 0.3) is 0 Å². The molecule has 1 heterocycles. The van der Waals surface area contributed by atoms with E-state index in [0.717, 1.165) is 36.8 Å². The van der Waals surface area contributed by atoms with Crippen molar-refractivity contribution in [1.29, 1.82) is 0 Å². The number of aliphatic hydroxyl groups is 1. The van der Waals surface area contributed by atoms with Crippen LogP contribution in [0.15, 0.2) is 6.07 Å². The number of nitrogens with zero attached hydrogens (tertiary/aromatic N) is 2. The highest BCUT2D eigenvalue weighted by Crippen LogP contribution is 2.25. The zero-order valence-electron chi connectivity index (χ0n) is 14.0. The molecule has 3 N–H and O–H groups in total. The van der Waals surface area contributed by atoms with Crippen molar-refractivity contribution in [2.45, 2.75) is 59.9 Å². The van der Waals surface area contributed by atoms with E-state index in [4.69, 9.17) is 0 Å². The molecule has 5 nitrogen and oxygen atoms in total. The molecule has 1 aromatic rings. The Morgan fingerprint density at radius 2 is 1.86 bits per heavy atom. The van der Waals surface area contributed by atoms with E-state index < -0.39 is 0 Å². The van der Waals surface area contributed by atoms with Gasteiger partial charge in [0, 0.05) is 31.7 Å². The van der Waals surface area contributed by atoms with Crippen molar-refractivity contribution in [2.75, 3.05) is 23.8 Å². The average molecular weight is 294 g/mol. The van der Waals surface area contributed by atoms with Crippen molar-refractivity contribution in [2.24, 2.45) is 5.41 Å². The van der Waals surface area contributed by atoms with Crippen molar-refractivity contribution in [1.82, 2.24) is 9.97 Å². The molecule has 0 aliphatic rings. The molecular weight excluding hydrogens is 264 g/mol. The van der Waals surface area contributed by atoms with Gasteiger partial charge in [-0.1, -0.05) is 27.7 Å².